The van der Waals surface area contributed by atoms with E-state index in [-0.39, 0.29) is 5.82 Å². The minimum Gasteiger partial charge on any atom is -0.384 e. The molecule has 0 saturated heterocycles. The summed E-state index contributed by atoms with van der Waals surface area (Å²) in [6.45, 7) is 0.535. The fourth-order valence-corrected chi connectivity index (χ4v) is 2.01. The van der Waals surface area contributed by atoms with Gasteiger partial charge in [-0.3, -0.25) is 0 Å². The first-order valence-electron chi connectivity index (χ1n) is 5.94. The molecule has 0 aromatic heterocycles. The van der Waals surface area contributed by atoms with Gasteiger partial charge in [0.2, 0.25) is 0 Å². The Hall–Kier alpha value is -1.71. The SMILES string of the molecule is NCCc1ccccc1C(O)c1ccc(F)cc1. The first-order chi connectivity index (χ1) is 8.72. The summed E-state index contributed by atoms with van der Waals surface area (Å²) in [5.74, 6) is -0.304. The van der Waals surface area contributed by atoms with Gasteiger partial charge in [0, 0.05) is 0 Å². The van der Waals surface area contributed by atoms with E-state index in [9.17, 15) is 9.50 Å². The molecule has 3 N–H and O–H groups in total. The minimum atomic E-state index is -0.742. The molecule has 0 radical (unpaired) electrons. The highest BCUT2D eigenvalue weighted by Gasteiger charge is 2.13. The Bertz CT molecular complexity index is 510. The van der Waals surface area contributed by atoms with Gasteiger partial charge in [-0.15, -0.1) is 0 Å². The van der Waals surface area contributed by atoms with Gasteiger partial charge in [0.05, 0.1) is 0 Å². The highest BCUT2D eigenvalue weighted by atomic mass is 19.1. The van der Waals surface area contributed by atoms with Gasteiger partial charge in [0.25, 0.3) is 0 Å². The molecule has 0 fully saturated rings. The molecule has 0 aliphatic heterocycles. The summed E-state index contributed by atoms with van der Waals surface area (Å²) < 4.78 is 12.9. The fraction of sp³-hybridized carbons (Fsp3) is 0.200. The minimum absolute atomic E-state index is 0.304. The molecule has 1 unspecified atom stereocenters. The van der Waals surface area contributed by atoms with Crippen molar-refractivity contribution in [1.29, 1.82) is 0 Å². The van der Waals surface area contributed by atoms with Crippen LogP contribution >= 0.6 is 0 Å². The van der Waals surface area contributed by atoms with Gasteiger partial charge in [-0.25, -0.2) is 4.39 Å². The molecule has 18 heavy (non-hydrogen) atoms. The Kier molecular flexibility index (Phi) is 4.07. The molecule has 0 heterocycles. The van der Waals surface area contributed by atoms with Crippen LogP contribution < -0.4 is 5.73 Å². The summed E-state index contributed by atoms with van der Waals surface area (Å²) in [6.07, 6.45) is -0.0256. The molecule has 2 aromatic carbocycles. The summed E-state index contributed by atoms with van der Waals surface area (Å²) in [6, 6.07) is 13.5. The smallest absolute Gasteiger partial charge is 0.123 e. The number of halogens is 1. The predicted octanol–water partition coefficient (Wildman–Crippen LogP) is 2.41. The molecule has 2 aromatic rings. The molecule has 1 atom stereocenters. The van der Waals surface area contributed by atoms with Crippen molar-refractivity contribution in [3.8, 4) is 0 Å². The van der Waals surface area contributed by atoms with Crippen LogP contribution in [0.4, 0.5) is 4.39 Å². The Morgan fingerprint density at radius 1 is 1.06 bits per heavy atom. The van der Waals surface area contributed by atoms with Gasteiger partial charge >= 0.3 is 0 Å². The van der Waals surface area contributed by atoms with Gasteiger partial charge < -0.3 is 10.8 Å². The second-order valence-corrected chi connectivity index (χ2v) is 4.19. The maximum atomic E-state index is 12.9. The van der Waals surface area contributed by atoms with E-state index in [1.165, 1.54) is 12.1 Å². The third-order valence-electron chi connectivity index (χ3n) is 2.95. The standard InChI is InChI=1S/C15H16FNO/c16-13-7-5-12(6-8-13)15(18)14-4-2-1-3-11(14)9-10-17/h1-8,15,18H,9-10,17H2. The number of hydrogen-bond donors (Lipinski definition) is 2. The van der Waals surface area contributed by atoms with Crippen molar-refractivity contribution < 1.29 is 9.50 Å². The average Bonchev–Trinajstić information content (AvgIpc) is 2.40. The summed E-state index contributed by atoms with van der Waals surface area (Å²) >= 11 is 0. The maximum Gasteiger partial charge on any atom is 0.123 e. The van der Waals surface area contributed by atoms with Crippen LogP contribution in [0.5, 0.6) is 0 Å². The van der Waals surface area contributed by atoms with E-state index in [1.807, 2.05) is 24.3 Å². The lowest BCUT2D eigenvalue weighted by Gasteiger charge is -2.15. The molecule has 0 spiro atoms. The number of benzene rings is 2. The predicted molar refractivity (Wildman–Crippen MR) is 69.7 cm³/mol. The number of nitrogens with two attached hydrogens (primary N) is 1. The van der Waals surface area contributed by atoms with Gasteiger partial charge in [0.1, 0.15) is 11.9 Å². The Balaban J connectivity index is 2.33. The maximum absolute atomic E-state index is 12.9. The molecule has 94 valence electrons. The first-order valence-corrected chi connectivity index (χ1v) is 5.94. The molecule has 3 heteroatoms. The molecule has 0 bridgehead atoms. The summed E-state index contributed by atoms with van der Waals surface area (Å²) in [4.78, 5) is 0. The van der Waals surface area contributed by atoms with Crippen molar-refractivity contribution in [2.75, 3.05) is 6.54 Å². The van der Waals surface area contributed by atoms with Crippen molar-refractivity contribution in [1.82, 2.24) is 0 Å². The zero-order valence-corrected chi connectivity index (χ0v) is 10.0. The second kappa shape index (κ2) is 5.76. The summed E-state index contributed by atoms with van der Waals surface area (Å²) in [7, 11) is 0. The van der Waals surface area contributed by atoms with E-state index in [0.29, 0.717) is 18.5 Å². The normalized spacial score (nSPS) is 12.4. The number of aliphatic hydroxyl groups is 1. The van der Waals surface area contributed by atoms with Gasteiger partial charge in [-0.1, -0.05) is 36.4 Å². The average molecular weight is 245 g/mol. The molecular formula is C15H16FNO. The van der Waals surface area contributed by atoms with Crippen LogP contribution in [0.25, 0.3) is 0 Å². The molecule has 2 nitrogen and oxygen atoms in total. The highest BCUT2D eigenvalue weighted by molar-refractivity contribution is 5.36. The third kappa shape index (κ3) is 2.75. The zero-order valence-electron chi connectivity index (χ0n) is 10.0. The lowest BCUT2D eigenvalue weighted by molar-refractivity contribution is 0.219. The molecule has 0 amide bonds. The summed E-state index contributed by atoms with van der Waals surface area (Å²) in [5.41, 5.74) is 8.09. The quantitative estimate of drug-likeness (QED) is 0.869. The third-order valence-corrected chi connectivity index (χ3v) is 2.95. The van der Waals surface area contributed by atoms with Crippen LogP contribution in [-0.4, -0.2) is 11.7 Å². The van der Waals surface area contributed by atoms with Crippen LogP contribution in [0.2, 0.25) is 0 Å². The Morgan fingerprint density at radius 2 is 1.72 bits per heavy atom. The van der Waals surface area contributed by atoms with E-state index in [0.717, 1.165) is 11.1 Å². The van der Waals surface area contributed by atoms with E-state index in [1.54, 1.807) is 12.1 Å². The van der Waals surface area contributed by atoms with Crippen LogP contribution in [0, 0.1) is 5.82 Å². The first kappa shape index (κ1) is 12.7. The Morgan fingerprint density at radius 3 is 2.39 bits per heavy atom. The van der Waals surface area contributed by atoms with Crippen molar-refractivity contribution in [2.45, 2.75) is 12.5 Å². The van der Waals surface area contributed by atoms with E-state index in [4.69, 9.17) is 5.73 Å². The lowest BCUT2D eigenvalue weighted by atomic mass is 9.95. The molecule has 2 rings (SSSR count). The molecule has 0 aliphatic rings. The second-order valence-electron chi connectivity index (χ2n) is 4.19. The van der Waals surface area contributed by atoms with Crippen molar-refractivity contribution in [2.24, 2.45) is 5.73 Å². The van der Waals surface area contributed by atoms with Gasteiger partial charge in [0.15, 0.2) is 0 Å². The molecular weight excluding hydrogens is 229 g/mol. The number of rotatable bonds is 4. The Labute approximate surface area is 106 Å². The van der Waals surface area contributed by atoms with Crippen molar-refractivity contribution in [3.05, 3.63) is 71.0 Å². The van der Waals surface area contributed by atoms with E-state index < -0.39 is 6.10 Å². The number of hydrogen-bond acceptors (Lipinski definition) is 2. The van der Waals surface area contributed by atoms with Crippen molar-refractivity contribution in [3.63, 3.8) is 0 Å². The summed E-state index contributed by atoms with van der Waals surface area (Å²) in [5, 5.41) is 10.3. The highest BCUT2D eigenvalue weighted by Crippen LogP contribution is 2.25. The molecule has 0 saturated carbocycles. The number of aliphatic hydroxyl groups excluding tert-OH is 1. The van der Waals surface area contributed by atoms with E-state index in [2.05, 4.69) is 0 Å². The monoisotopic (exact) mass is 245 g/mol. The zero-order chi connectivity index (χ0) is 13.0. The van der Waals surface area contributed by atoms with Crippen LogP contribution in [0.15, 0.2) is 48.5 Å². The van der Waals surface area contributed by atoms with Crippen LogP contribution in [0.1, 0.15) is 22.8 Å². The largest absolute Gasteiger partial charge is 0.384 e. The topological polar surface area (TPSA) is 46.2 Å². The van der Waals surface area contributed by atoms with Gasteiger partial charge in [-0.05, 0) is 41.8 Å². The van der Waals surface area contributed by atoms with E-state index >= 15 is 0 Å². The lowest BCUT2D eigenvalue weighted by Crippen LogP contribution is -2.08. The van der Waals surface area contributed by atoms with Crippen LogP contribution in [-0.2, 0) is 6.42 Å². The molecule has 0 aliphatic carbocycles. The fourth-order valence-electron chi connectivity index (χ4n) is 2.01. The van der Waals surface area contributed by atoms with Crippen LogP contribution in [0.3, 0.4) is 0 Å². The van der Waals surface area contributed by atoms with Crippen molar-refractivity contribution >= 4 is 0 Å². The van der Waals surface area contributed by atoms with Gasteiger partial charge in [-0.2, -0.15) is 0 Å².